The molecule has 0 fully saturated rings. The first-order chi connectivity index (χ1) is 17.0. The fraction of sp³-hybridized carbons (Fsp3) is 0.107. The smallest absolute Gasteiger partial charge is 0.258 e. The molecule has 0 atom stereocenters. The van der Waals surface area contributed by atoms with E-state index in [2.05, 4.69) is 10.3 Å². The average molecular weight is 484 g/mol. The van der Waals surface area contributed by atoms with Crippen LogP contribution in [0.3, 0.4) is 0 Å². The number of pyridine rings is 1. The molecule has 5 aromatic rings. The SMILES string of the molecule is CCOc1ccccc1-c1cc(C(=O)Nc2nc(-c3ccc(F)cc3)c(C)s2)c2ccccc2n1. The lowest BCUT2D eigenvalue weighted by atomic mass is 10.0. The third-order valence-electron chi connectivity index (χ3n) is 5.56. The number of hydrogen-bond acceptors (Lipinski definition) is 5. The van der Waals surface area contributed by atoms with Crippen molar-refractivity contribution in [2.24, 2.45) is 0 Å². The van der Waals surface area contributed by atoms with E-state index in [-0.39, 0.29) is 11.7 Å². The number of aromatic nitrogens is 2. The maximum atomic E-state index is 13.5. The summed E-state index contributed by atoms with van der Waals surface area (Å²) in [4.78, 5) is 23.8. The van der Waals surface area contributed by atoms with Crippen LogP contribution >= 0.6 is 11.3 Å². The van der Waals surface area contributed by atoms with Crippen molar-refractivity contribution in [1.82, 2.24) is 9.97 Å². The minimum Gasteiger partial charge on any atom is -0.493 e. The Balaban J connectivity index is 1.53. The summed E-state index contributed by atoms with van der Waals surface area (Å²) in [6.07, 6.45) is 0. The molecule has 5 nitrogen and oxygen atoms in total. The van der Waals surface area contributed by atoms with Crippen LogP contribution in [0.4, 0.5) is 9.52 Å². The van der Waals surface area contributed by atoms with Crippen LogP contribution in [-0.4, -0.2) is 22.5 Å². The van der Waals surface area contributed by atoms with Gasteiger partial charge in [-0.05, 0) is 62.4 Å². The van der Waals surface area contributed by atoms with Crippen molar-refractivity contribution in [3.63, 3.8) is 0 Å². The predicted molar refractivity (Wildman–Crippen MR) is 139 cm³/mol. The van der Waals surface area contributed by atoms with Crippen molar-refractivity contribution in [2.45, 2.75) is 13.8 Å². The fourth-order valence-electron chi connectivity index (χ4n) is 3.95. The zero-order valence-corrected chi connectivity index (χ0v) is 20.0. The van der Waals surface area contributed by atoms with E-state index < -0.39 is 0 Å². The second-order valence-corrected chi connectivity index (χ2v) is 9.09. The maximum Gasteiger partial charge on any atom is 0.258 e. The Morgan fingerprint density at radius 1 is 1.00 bits per heavy atom. The highest BCUT2D eigenvalue weighted by Crippen LogP contribution is 2.33. The molecule has 2 aromatic heterocycles. The van der Waals surface area contributed by atoms with Gasteiger partial charge in [0.05, 0.1) is 29.1 Å². The van der Waals surface area contributed by atoms with Gasteiger partial charge in [-0.1, -0.05) is 30.3 Å². The van der Waals surface area contributed by atoms with Crippen molar-refractivity contribution in [1.29, 1.82) is 0 Å². The van der Waals surface area contributed by atoms with Crippen LogP contribution < -0.4 is 10.1 Å². The lowest BCUT2D eigenvalue weighted by Crippen LogP contribution is -2.13. The van der Waals surface area contributed by atoms with Crippen LogP contribution in [0.1, 0.15) is 22.2 Å². The van der Waals surface area contributed by atoms with Crippen LogP contribution in [0.15, 0.2) is 78.9 Å². The van der Waals surface area contributed by atoms with Crippen molar-refractivity contribution in [3.05, 3.63) is 95.1 Å². The van der Waals surface area contributed by atoms with E-state index >= 15 is 0 Å². The lowest BCUT2D eigenvalue weighted by molar-refractivity contribution is 0.102. The van der Waals surface area contributed by atoms with Gasteiger partial charge in [-0.25, -0.2) is 14.4 Å². The van der Waals surface area contributed by atoms with Crippen LogP contribution in [0.2, 0.25) is 0 Å². The number of anilines is 1. The zero-order valence-electron chi connectivity index (χ0n) is 19.2. The second-order valence-electron chi connectivity index (χ2n) is 7.89. The molecule has 0 unspecified atom stereocenters. The van der Waals surface area contributed by atoms with E-state index in [0.29, 0.717) is 34.3 Å². The van der Waals surface area contributed by atoms with Gasteiger partial charge < -0.3 is 4.74 Å². The average Bonchev–Trinajstić information content (AvgIpc) is 3.24. The Morgan fingerprint density at radius 2 is 1.74 bits per heavy atom. The molecule has 0 spiro atoms. The molecule has 0 aliphatic heterocycles. The van der Waals surface area contributed by atoms with Crippen LogP contribution in [0, 0.1) is 12.7 Å². The molecule has 0 saturated heterocycles. The standard InChI is InChI=1S/C28H22FN3O2S/c1-3-34-25-11-7-5-9-21(25)24-16-22(20-8-4-6-10-23(20)30-24)27(33)32-28-31-26(17(2)35-28)18-12-14-19(29)15-13-18/h4-16H,3H2,1-2H3,(H,31,32,33). The molecule has 5 rings (SSSR count). The van der Waals surface area contributed by atoms with E-state index in [9.17, 15) is 9.18 Å². The highest BCUT2D eigenvalue weighted by molar-refractivity contribution is 7.16. The first kappa shape index (κ1) is 22.7. The van der Waals surface area contributed by atoms with Crippen LogP contribution in [0.25, 0.3) is 33.4 Å². The molecule has 2 heterocycles. The van der Waals surface area contributed by atoms with Crippen molar-refractivity contribution in [3.8, 4) is 28.3 Å². The molecule has 1 amide bonds. The van der Waals surface area contributed by atoms with E-state index in [4.69, 9.17) is 9.72 Å². The zero-order chi connectivity index (χ0) is 24.4. The molecule has 7 heteroatoms. The van der Waals surface area contributed by atoms with Gasteiger partial charge in [0.25, 0.3) is 5.91 Å². The van der Waals surface area contributed by atoms with E-state index in [0.717, 1.165) is 27.1 Å². The van der Waals surface area contributed by atoms with Crippen LogP contribution in [-0.2, 0) is 0 Å². The number of ether oxygens (including phenoxy) is 1. The number of halogens is 1. The number of hydrogen-bond donors (Lipinski definition) is 1. The van der Waals surface area contributed by atoms with Gasteiger partial charge in [-0.3, -0.25) is 10.1 Å². The minimum atomic E-state index is -0.304. The minimum absolute atomic E-state index is 0.279. The number of nitrogens with one attached hydrogen (secondary N) is 1. The maximum absolute atomic E-state index is 13.5. The number of carbonyl (C=O) groups excluding carboxylic acids is 1. The molecule has 0 aliphatic carbocycles. The first-order valence-electron chi connectivity index (χ1n) is 11.2. The number of nitrogens with zero attached hydrogens (tertiary/aromatic N) is 2. The monoisotopic (exact) mass is 483 g/mol. The molecular formula is C28H22FN3O2S. The third-order valence-corrected chi connectivity index (χ3v) is 6.44. The number of aryl methyl sites for hydroxylation is 1. The summed E-state index contributed by atoms with van der Waals surface area (Å²) >= 11 is 1.38. The Morgan fingerprint density at radius 3 is 2.54 bits per heavy atom. The van der Waals surface area contributed by atoms with Gasteiger partial charge in [-0.2, -0.15) is 0 Å². The van der Waals surface area contributed by atoms with E-state index in [1.165, 1.54) is 23.5 Å². The fourth-order valence-corrected chi connectivity index (χ4v) is 4.78. The van der Waals surface area contributed by atoms with Crippen molar-refractivity contribution < 1.29 is 13.9 Å². The second kappa shape index (κ2) is 9.64. The van der Waals surface area contributed by atoms with Gasteiger partial charge >= 0.3 is 0 Å². The summed E-state index contributed by atoms with van der Waals surface area (Å²) in [6.45, 7) is 4.38. The van der Waals surface area contributed by atoms with Gasteiger partial charge in [0, 0.05) is 21.4 Å². The normalized spacial score (nSPS) is 10.9. The molecule has 35 heavy (non-hydrogen) atoms. The number of benzene rings is 3. The van der Waals surface area contributed by atoms with Gasteiger partial charge in [0.15, 0.2) is 5.13 Å². The summed E-state index contributed by atoms with van der Waals surface area (Å²) in [5.41, 5.74) is 4.19. The molecule has 1 N–H and O–H groups in total. The molecule has 174 valence electrons. The Kier molecular flexibility index (Phi) is 6.25. The summed E-state index contributed by atoms with van der Waals surface area (Å²) in [7, 11) is 0. The Labute approximate surface area is 206 Å². The van der Waals surface area contributed by atoms with Gasteiger partial charge in [0.1, 0.15) is 11.6 Å². The molecule has 3 aromatic carbocycles. The van der Waals surface area contributed by atoms with E-state index in [1.807, 2.05) is 62.4 Å². The van der Waals surface area contributed by atoms with Crippen molar-refractivity contribution >= 4 is 33.3 Å². The van der Waals surface area contributed by atoms with Crippen LogP contribution in [0.5, 0.6) is 5.75 Å². The number of rotatable bonds is 6. The molecule has 0 radical (unpaired) electrons. The topological polar surface area (TPSA) is 64.1 Å². The lowest BCUT2D eigenvalue weighted by Gasteiger charge is -2.12. The number of fused-ring (bicyclic) bond motifs is 1. The Bertz CT molecular complexity index is 1530. The predicted octanol–water partition coefficient (Wildman–Crippen LogP) is 7.12. The van der Waals surface area contributed by atoms with Gasteiger partial charge in [0.2, 0.25) is 0 Å². The number of para-hydroxylation sites is 2. The number of amides is 1. The third kappa shape index (κ3) is 4.63. The highest BCUT2D eigenvalue weighted by atomic mass is 32.1. The largest absolute Gasteiger partial charge is 0.493 e. The molecular weight excluding hydrogens is 461 g/mol. The Hall–Kier alpha value is -4.10. The highest BCUT2D eigenvalue weighted by Gasteiger charge is 2.18. The van der Waals surface area contributed by atoms with Gasteiger partial charge in [-0.15, -0.1) is 11.3 Å². The summed E-state index contributed by atoms with van der Waals surface area (Å²) in [6, 6.07) is 23.2. The number of carbonyl (C=O) groups is 1. The quantitative estimate of drug-likeness (QED) is 0.279. The summed E-state index contributed by atoms with van der Waals surface area (Å²) in [5.74, 6) is 0.128. The number of thiazole rings is 1. The van der Waals surface area contributed by atoms with Crippen molar-refractivity contribution in [2.75, 3.05) is 11.9 Å². The molecule has 0 saturated carbocycles. The molecule has 0 bridgehead atoms. The van der Waals surface area contributed by atoms with E-state index in [1.54, 1.807) is 18.2 Å². The summed E-state index contributed by atoms with van der Waals surface area (Å²) in [5, 5.41) is 4.17. The summed E-state index contributed by atoms with van der Waals surface area (Å²) < 4.78 is 19.1. The first-order valence-corrected chi connectivity index (χ1v) is 12.0. The molecule has 0 aliphatic rings.